The van der Waals surface area contributed by atoms with Gasteiger partial charge in [-0.25, -0.2) is 9.59 Å². The van der Waals surface area contributed by atoms with Crippen molar-refractivity contribution in [2.45, 2.75) is 39.0 Å². The number of hydrogen-bond donors (Lipinski definition) is 2. The number of unbranched alkanes of at least 4 members (excludes halogenated alkanes) is 2. The average Bonchev–Trinajstić information content (AvgIpc) is 2.58. The van der Waals surface area contributed by atoms with Gasteiger partial charge in [0.1, 0.15) is 5.78 Å². The van der Waals surface area contributed by atoms with E-state index < -0.39 is 11.9 Å². The molecule has 0 saturated heterocycles. The number of rotatable bonds is 12. The largest absolute Gasteiger partial charge is 0.478 e. The Morgan fingerprint density at radius 3 is 2.46 bits per heavy atom. The first-order chi connectivity index (χ1) is 11.6. The summed E-state index contributed by atoms with van der Waals surface area (Å²) in [5.41, 5.74) is -0.0305. The number of carboxylic acids is 1. The molecule has 0 amide bonds. The maximum absolute atomic E-state index is 11.9. The maximum Gasteiger partial charge on any atom is 0.339 e. The number of benzene rings is 1. The molecule has 0 bridgehead atoms. The number of esters is 1. The third-order valence-electron chi connectivity index (χ3n) is 3.49. The number of Topliss-reactive ketones (excluding diaryl/α,β-unsaturated/α-hetero) is 1. The topological polar surface area (TPSA) is 92.7 Å². The number of hydrogen-bond acceptors (Lipinski definition) is 5. The van der Waals surface area contributed by atoms with Crippen LogP contribution in [0.2, 0.25) is 0 Å². The zero-order valence-electron chi connectivity index (χ0n) is 14.0. The molecule has 0 saturated carbocycles. The van der Waals surface area contributed by atoms with Crippen molar-refractivity contribution in [1.82, 2.24) is 5.32 Å². The van der Waals surface area contributed by atoms with Crippen molar-refractivity contribution in [2.75, 3.05) is 19.7 Å². The van der Waals surface area contributed by atoms with E-state index in [4.69, 9.17) is 9.84 Å². The summed E-state index contributed by atoms with van der Waals surface area (Å²) < 4.78 is 5.08. The molecule has 0 aliphatic carbocycles. The van der Waals surface area contributed by atoms with Crippen LogP contribution >= 0.6 is 0 Å². The van der Waals surface area contributed by atoms with Gasteiger partial charge in [0.25, 0.3) is 0 Å². The Hall–Kier alpha value is -2.21. The molecule has 2 N–H and O–H groups in total. The van der Waals surface area contributed by atoms with Crippen molar-refractivity contribution in [2.24, 2.45) is 0 Å². The zero-order valence-corrected chi connectivity index (χ0v) is 14.0. The highest BCUT2D eigenvalue weighted by Crippen LogP contribution is 2.11. The van der Waals surface area contributed by atoms with E-state index in [1.54, 1.807) is 12.1 Å². The molecule has 24 heavy (non-hydrogen) atoms. The van der Waals surface area contributed by atoms with E-state index in [0.717, 1.165) is 19.4 Å². The number of aromatic carboxylic acids is 1. The molecule has 0 atom stereocenters. The van der Waals surface area contributed by atoms with E-state index in [1.807, 2.05) is 0 Å². The third kappa shape index (κ3) is 7.37. The second-order valence-electron chi connectivity index (χ2n) is 5.51. The highest BCUT2D eigenvalue weighted by molar-refractivity contribution is 6.02. The molecule has 132 valence electrons. The normalized spacial score (nSPS) is 10.4. The van der Waals surface area contributed by atoms with Gasteiger partial charge >= 0.3 is 11.9 Å². The van der Waals surface area contributed by atoms with Gasteiger partial charge in [-0.1, -0.05) is 25.5 Å². The summed E-state index contributed by atoms with van der Waals surface area (Å²) in [7, 11) is 0. The van der Waals surface area contributed by atoms with Crippen LogP contribution in [0.5, 0.6) is 0 Å². The molecular weight excluding hydrogens is 310 g/mol. The van der Waals surface area contributed by atoms with E-state index in [2.05, 4.69) is 12.2 Å². The molecule has 0 aliphatic rings. The predicted octanol–water partition coefficient (Wildman–Crippen LogP) is 2.67. The standard InChI is InChI=1S/C18H25NO5/c1-2-3-11-19-13-14(20)8-6-7-12-24-18(23)16-10-5-4-9-15(16)17(21)22/h4-5,9-10,19H,2-3,6-8,11-13H2,1H3,(H,21,22). The Kier molecular flexibility index (Phi) is 9.38. The van der Waals surface area contributed by atoms with E-state index in [-0.39, 0.29) is 23.5 Å². The average molecular weight is 335 g/mol. The summed E-state index contributed by atoms with van der Waals surface area (Å²) in [6.07, 6.45) is 3.81. The highest BCUT2D eigenvalue weighted by atomic mass is 16.5. The number of nitrogens with one attached hydrogen (secondary N) is 1. The molecule has 0 aliphatic heterocycles. The van der Waals surface area contributed by atoms with Gasteiger partial charge < -0.3 is 15.2 Å². The van der Waals surface area contributed by atoms with Crippen LogP contribution in [0.3, 0.4) is 0 Å². The summed E-state index contributed by atoms with van der Waals surface area (Å²) in [6.45, 7) is 3.50. The van der Waals surface area contributed by atoms with Crippen LogP contribution < -0.4 is 5.32 Å². The first kappa shape index (κ1) is 19.8. The first-order valence-electron chi connectivity index (χ1n) is 8.28. The van der Waals surface area contributed by atoms with E-state index >= 15 is 0 Å². The van der Waals surface area contributed by atoms with E-state index in [1.165, 1.54) is 12.1 Å². The molecule has 0 unspecified atom stereocenters. The molecule has 1 aromatic rings. The van der Waals surface area contributed by atoms with Gasteiger partial charge in [-0.15, -0.1) is 0 Å². The predicted molar refractivity (Wildman–Crippen MR) is 90.3 cm³/mol. The van der Waals surface area contributed by atoms with Crippen LogP contribution in [0.25, 0.3) is 0 Å². The second kappa shape index (κ2) is 11.3. The lowest BCUT2D eigenvalue weighted by Crippen LogP contribution is -2.23. The van der Waals surface area contributed by atoms with Gasteiger partial charge in [-0.2, -0.15) is 0 Å². The Morgan fingerprint density at radius 2 is 1.79 bits per heavy atom. The van der Waals surface area contributed by atoms with Gasteiger partial charge in [0.15, 0.2) is 0 Å². The molecule has 0 aromatic heterocycles. The number of carbonyl (C=O) groups is 3. The lowest BCUT2D eigenvalue weighted by atomic mass is 10.1. The fourth-order valence-electron chi connectivity index (χ4n) is 2.13. The molecule has 6 nitrogen and oxygen atoms in total. The van der Waals surface area contributed by atoms with Gasteiger partial charge in [0.2, 0.25) is 0 Å². The number of ketones is 1. The number of carbonyl (C=O) groups excluding carboxylic acids is 2. The molecule has 1 rings (SSSR count). The molecule has 0 radical (unpaired) electrons. The van der Waals surface area contributed by atoms with Crippen molar-refractivity contribution in [1.29, 1.82) is 0 Å². The minimum atomic E-state index is -1.16. The summed E-state index contributed by atoms with van der Waals surface area (Å²) >= 11 is 0. The molecule has 6 heteroatoms. The summed E-state index contributed by atoms with van der Waals surface area (Å²) in [5, 5.41) is 12.1. The van der Waals surface area contributed by atoms with Crippen molar-refractivity contribution >= 4 is 17.7 Å². The molecule has 1 aromatic carbocycles. The van der Waals surface area contributed by atoms with Crippen LogP contribution in [0.1, 0.15) is 59.7 Å². The quantitative estimate of drug-likeness (QED) is 0.451. The SMILES string of the molecule is CCCCNCC(=O)CCCCOC(=O)c1ccccc1C(=O)O. The lowest BCUT2D eigenvalue weighted by molar-refractivity contribution is -0.118. The summed E-state index contributed by atoms with van der Waals surface area (Å²) in [6, 6.07) is 5.94. The Morgan fingerprint density at radius 1 is 1.08 bits per heavy atom. The molecule has 0 fully saturated rings. The van der Waals surface area contributed by atoms with E-state index in [0.29, 0.717) is 25.8 Å². The van der Waals surface area contributed by atoms with Crippen LogP contribution in [0, 0.1) is 0 Å². The molecule has 0 spiro atoms. The Balaban J connectivity index is 2.23. The first-order valence-corrected chi connectivity index (χ1v) is 8.28. The van der Waals surface area contributed by atoms with Crippen LogP contribution in [-0.2, 0) is 9.53 Å². The number of ether oxygens (including phenoxy) is 1. The maximum atomic E-state index is 11.9. The van der Waals surface area contributed by atoms with Crippen molar-refractivity contribution in [3.63, 3.8) is 0 Å². The van der Waals surface area contributed by atoms with Gasteiger partial charge in [-0.3, -0.25) is 4.79 Å². The Labute approximate surface area is 142 Å². The Bertz CT molecular complexity index is 556. The summed E-state index contributed by atoms with van der Waals surface area (Å²) in [4.78, 5) is 34.6. The van der Waals surface area contributed by atoms with Crippen molar-refractivity contribution < 1.29 is 24.2 Å². The highest BCUT2D eigenvalue weighted by Gasteiger charge is 2.16. The molecule has 0 heterocycles. The number of carboxylic acid groups (broad SMARTS) is 1. The lowest BCUT2D eigenvalue weighted by Gasteiger charge is -2.07. The van der Waals surface area contributed by atoms with E-state index in [9.17, 15) is 14.4 Å². The fraction of sp³-hybridized carbons (Fsp3) is 0.500. The zero-order chi connectivity index (χ0) is 17.8. The fourth-order valence-corrected chi connectivity index (χ4v) is 2.13. The minimum absolute atomic E-state index is 0.0428. The summed E-state index contributed by atoms with van der Waals surface area (Å²) in [5.74, 6) is -1.67. The third-order valence-corrected chi connectivity index (χ3v) is 3.49. The van der Waals surface area contributed by atoms with Crippen LogP contribution in [-0.4, -0.2) is 42.5 Å². The minimum Gasteiger partial charge on any atom is -0.478 e. The van der Waals surface area contributed by atoms with Crippen molar-refractivity contribution in [3.8, 4) is 0 Å². The van der Waals surface area contributed by atoms with Gasteiger partial charge in [-0.05, 0) is 37.9 Å². The molecular formula is C18H25NO5. The van der Waals surface area contributed by atoms with Gasteiger partial charge in [0, 0.05) is 6.42 Å². The smallest absolute Gasteiger partial charge is 0.339 e. The monoisotopic (exact) mass is 335 g/mol. The van der Waals surface area contributed by atoms with Crippen LogP contribution in [0.4, 0.5) is 0 Å². The van der Waals surface area contributed by atoms with Crippen molar-refractivity contribution in [3.05, 3.63) is 35.4 Å². The second-order valence-corrected chi connectivity index (χ2v) is 5.51. The van der Waals surface area contributed by atoms with Crippen LogP contribution in [0.15, 0.2) is 24.3 Å². The van der Waals surface area contributed by atoms with Gasteiger partial charge in [0.05, 0.1) is 24.3 Å².